The van der Waals surface area contributed by atoms with Crippen LogP contribution in [0.25, 0.3) is 11.0 Å². The smallest absolute Gasteiger partial charge is 0.224 e. The second-order valence-corrected chi connectivity index (χ2v) is 7.79. The molecule has 1 amide bonds. The van der Waals surface area contributed by atoms with Crippen molar-refractivity contribution in [2.75, 3.05) is 0 Å². The summed E-state index contributed by atoms with van der Waals surface area (Å²) in [6, 6.07) is 16.5. The number of nitrogens with zero attached hydrogens (tertiary/aromatic N) is 4. The molecule has 6 nitrogen and oxygen atoms in total. The Hall–Kier alpha value is -3.41. The predicted molar refractivity (Wildman–Crippen MR) is 111 cm³/mol. The number of aryl methyl sites for hydroxylation is 1. The molecule has 6 heteroatoms. The van der Waals surface area contributed by atoms with Gasteiger partial charge in [-0.25, -0.2) is 4.98 Å². The Bertz CT molecular complexity index is 1160. The van der Waals surface area contributed by atoms with E-state index in [2.05, 4.69) is 50.3 Å². The Balaban J connectivity index is 1.16. The molecule has 0 bridgehead atoms. The Morgan fingerprint density at radius 3 is 2.72 bits per heavy atom. The van der Waals surface area contributed by atoms with Crippen molar-refractivity contribution >= 4 is 16.9 Å². The number of carbonyl (C=O) groups is 1. The molecular weight excluding hydrogens is 362 g/mol. The van der Waals surface area contributed by atoms with E-state index in [4.69, 9.17) is 0 Å². The van der Waals surface area contributed by atoms with Crippen molar-refractivity contribution in [3.63, 3.8) is 0 Å². The van der Waals surface area contributed by atoms with Gasteiger partial charge in [-0.15, -0.1) is 0 Å². The molecule has 5 rings (SSSR count). The maximum atomic E-state index is 12.4. The van der Waals surface area contributed by atoms with Gasteiger partial charge in [0.15, 0.2) is 0 Å². The van der Waals surface area contributed by atoms with E-state index in [0.717, 1.165) is 35.1 Å². The lowest BCUT2D eigenvalue weighted by Crippen LogP contribution is -2.24. The first-order valence-corrected chi connectivity index (χ1v) is 9.91. The minimum Gasteiger partial charge on any atom is -0.352 e. The van der Waals surface area contributed by atoms with Gasteiger partial charge in [-0.05, 0) is 41.2 Å². The Morgan fingerprint density at radius 2 is 1.93 bits per heavy atom. The van der Waals surface area contributed by atoms with Crippen LogP contribution in [-0.4, -0.2) is 25.2 Å². The highest BCUT2D eigenvalue weighted by Crippen LogP contribution is 2.47. The summed E-state index contributed by atoms with van der Waals surface area (Å²) >= 11 is 0. The molecule has 4 aromatic rings. The molecule has 1 N–H and O–H groups in total. The molecule has 2 heterocycles. The number of imidazole rings is 1. The molecule has 0 saturated heterocycles. The summed E-state index contributed by atoms with van der Waals surface area (Å²) in [5.41, 5.74) is 5.62. The van der Waals surface area contributed by atoms with Gasteiger partial charge < -0.3 is 9.88 Å². The summed E-state index contributed by atoms with van der Waals surface area (Å²) in [6.45, 7) is 1.34. The maximum absolute atomic E-state index is 12.4. The van der Waals surface area contributed by atoms with Gasteiger partial charge in [-0.1, -0.05) is 36.4 Å². The summed E-state index contributed by atoms with van der Waals surface area (Å²) in [5.74, 6) is 0.525. The number of aromatic nitrogens is 4. The monoisotopic (exact) mass is 385 g/mol. The van der Waals surface area contributed by atoms with Gasteiger partial charge in [-0.2, -0.15) is 5.10 Å². The van der Waals surface area contributed by atoms with Crippen molar-refractivity contribution in [3.05, 3.63) is 83.9 Å². The lowest BCUT2D eigenvalue weighted by Gasteiger charge is -2.08. The van der Waals surface area contributed by atoms with Crippen LogP contribution >= 0.6 is 0 Å². The molecule has 146 valence electrons. The topological polar surface area (TPSA) is 64.7 Å². The first-order chi connectivity index (χ1) is 14.2. The number of rotatable bonds is 6. The molecule has 1 aliphatic carbocycles. The summed E-state index contributed by atoms with van der Waals surface area (Å²) in [4.78, 5) is 16.9. The zero-order valence-electron chi connectivity index (χ0n) is 16.3. The number of fused-ring (bicyclic) bond motifs is 1. The van der Waals surface area contributed by atoms with Crippen molar-refractivity contribution in [2.45, 2.75) is 25.4 Å². The van der Waals surface area contributed by atoms with Gasteiger partial charge in [0.2, 0.25) is 5.91 Å². The maximum Gasteiger partial charge on any atom is 0.224 e. The molecule has 2 atom stereocenters. The molecule has 0 aliphatic heterocycles. The summed E-state index contributed by atoms with van der Waals surface area (Å²) in [7, 11) is 1.90. The van der Waals surface area contributed by atoms with E-state index in [0.29, 0.717) is 12.5 Å². The van der Waals surface area contributed by atoms with Crippen molar-refractivity contribution in [3.8, 4) is 0 Å². The van der Waals surface area contributed by atoms with E-state index in [1.54, 1.807) is 4.68 Å². The largest absolute Gasteiger partial charge is 0.352 e. The van der Waals surface area contributed by atoms with Crippen molar-refractivity contribution in [1.29, 1.82) is 0 Å². The molecule has 0 spiro atoms. The number of amides is 1. The minimum atomic E-state index is 0.0768. The van der Waals surface area contributed by atoms with Crippen LogP contribution in [0.4, 0.5) is 0 Å². The van der Waals surface area contributed by atoms with Gasteiger partial charge in [0, 0.05) is 32.3 Å². The molecule has 1 aliphatic rings. The number of para-hydroxylation sites is 2. The molecule has 2 aromatic heterocycles. The third kappa shape index (κ3) is 3.66. The normalized spacial score (nSPS) is 18.1. The van der Waals surface area contributed by atoms with Crippen molar-refractivity contribution < 1.29 is 4.79 Å². The van der Waals surface area contributed by atoms with Crippen molar-refractivity contribution in [1.82, 2.24) is 24.6 Å². The fourth-order valence-corrected chi connectivity index (χ4v) is 3.90. The zero-order valence-corrected chi connectivity index (χ0v) is 16.3. The van der Waals surface area contributed by atoms with Gasteiger partial charge in [0.25, 0.3) is 0 Å². The highest BCUT2D eigenvalue weighted by molar-refractivity contribution is 5.82. The zero-order chi connectivity index (χ0) is 19.8. The van der Waals surface area contributed by atoms with E-state index >= 15 is 0 Å². The summed E-state index contributed by atoms with van der Waals surface area (Å²) in [6.07, 6.45) is 6.66. The highest BCUT2D eigenvalue weighted by atomic mass is 16.2. The third-order valence-electron chi connectivity index (χ3n) is 5.65. The van der Waals surface area contributed by atoms with E-state index in [-0.39, 0.29) is 11.8 Å². The van der Waals surface area contributed by atoms with Crippen LogP contribution in [0, 0.1) is 5.92 Å². The van der Waals surface area contributed by atoms with Gasteiger partial charge >= 0.3 is 0 Å². The third-order valence-corrected chi connectivity index (χ3v) is 5.65. The lowest BCUT2D eigenvalue weighted by molar-refractivity contribution is -0.122. The standard InChI is InChI=1S/C23H23N5O/c1-27-14-18(12-26-27)19-10-20(19)23(29)24-11-16-6-8-17(9-7-16)13-28-15-25-21-4-2-3-5-22(21)28/h2-9,12,14-15,19-20H,10-11,13H2,1H3,(H,24,29). The minimum absolute atomic E-state index is 0.0768. The van der Waals surface area contributed by atoms with Crippen LogP contribution < -0.4 is 5.32 Å². The molecule has 1 fully saturated rings. The molecule has 1 saturated carbocycles. The van der Waals surface area contributed by atoms with E-state index in [1.165, 1.54) is 5.56 Å². The first-order valence-electron chi connectivity index (χ1n) is 9.91. The van der Waals surface area contributed by atoms with Gasteiger partial charge in [0.1, 0.15) is 0 Å². The Morgan fingerprint density at radius 1 is 1.14 bits per heavy atom. The van der Waals surface area contributed by atoms with Crippen molar-refractivity contribution in [2.24, 2.45) is 13.0 Å². The first kappa shape index (κ1) is 17.7. The van der Waals surface area contributed by atoms with Crippen LogP contribution in [0.1, 0.15) is 29.0 Å². The molecule has 0 radical (unpaired) electrons. The Kier molecular flexibility index (Phi) is 4.39. The SMILES string of the molecule is Cn1cc(C2CC2C(=O)NCc2ccc(Cn3cnc4ccccc43)cc2)cn1. The highest BCUT2D eigenvalue weighted by Gasteiger charge is 2.44. The molecule has 29 heavy (non-hydrogen) atoms. The number of nitrogens with one attached hydrogen (secondary N) is 1. The summed E-state index contributed by atoms with van der Waals surface area (Å²) < 4.78 is 3.94. The number of carbonyl (C=O) groups excluding carboxylic acids is 1. The van der Waals surface area contributed by atoms with Crippen LogP contribution in [0.5, 0.6) is 0 Å². The average molecular weight is 385 g/mol. The average Bonchev–Trinajstić information content (AvgIpc) is 3.27. The molecular formula is C23H23N5O. The Labute approximate surface area is 169 Å². The number of benzene rings is 2. The quantitative estimate of drug-likeness (QED) is 0.554. The number of hydrogen-bond donors (Lipinski definition) is 1. The molecule has 2 unspecified atom stereocenters. The second kappa shape index (κ2) is 7.20. The lowest BCUT2D eigenvalue weighted by atomic mass is 10.1. The second-order valence-electron chi connectivity index (χ2n) is 7.79. The van der Waals surface area contributed by atoms with Gasteiger partial charge in [-0.3, -0.25) is 9.48 Å². The van der Waals surface area contributed by atoms with Crippen LogP contribution in [-0.2, 0) is 24.9 Å². The fourth-order valence-electron chi connectivity index (χ4n) is 3.90. The van der Waals surface area contributed by atoms with Crippen LogP contribution in [0.3, 0.4) is 0 Å². The molecule has 2 aromatic carbocycles. The fraction of sp³-hybridized carbons (Fsp3) is 0.261. The van der Waals surface area contributed by atoms with E-state index in [1.807, 2.05) is 44.0 Å². The van der Waals surface area contributed by atoms with Crippen LogP contribution in [0.2, 0.25) is 0 Å². The van der Waals surface area contributed by atoms with Crippen LogP contribution in [0.15, 0.2) is 67.3 Å². The van der Waals surface area contributed by atoms with Gasteiger partial charge in [0.05, 0.1) is 23.6 Å². The summed E-state index contributed by atoms with van der Waals surface area (Å²) in [5, 5.41) is 7.27. The van der Waals surface area contributed by atoms with E-state index in [9.17, 15) is 4.79 Å². The van der Waals surface area contributed by atoms with E-state index < -0.39 is 0 Å². The number of hydrogen-bond acceptors (Lipinski definition) is 3. The predicted octanol–water partition coefficient (Wildman–Crippen LogP) is 3.24.